The summed E-state index contributed by atoms with van der Waals surface area (Å²) in [4.78, 5) is 11.7. The molecule has 0 fully saturated rings. The molecule has 2 rings (SSSR count). The summed E-state index contributed by atoms with van der Waals surface area (Å²) in [6.07, 6.45) is 3.26. The standard InChI is InChI=1S/C16H18O2/c1-11(17)12-4-6-13(7-5-12)14-8-15(18)10-16(2,3)9-14/h4-8,17H,1,9-10H2,2-3H3. The van der Waals surface area contributed by atoms with Crippen LogP contribution in [0.15, 0.2) is 36.9 Å². The maximum Gasteiger partial charge on any atom is 0.156 e. The van der Waals surface area contributed by atoms with Crippen LogP contribution in [0.5, 0.6) is 0 Å². The molecule has 2 heteroatoms. The summed E-state index contributed by atoms with van der Waals surface area (Å²) in [6.45, 7) is 7.72. The van der Waals surface area contributed by atoms with E-state index in [9.17, 15) is 9.90 Å². The third kappa shape index (κ3) is 2.70. The van der Waals surface area contributed by atoms with Crippen molar-refractivity contribution in [2.24, 2.45) is 5.41 Å². The van der Waals surface area contributed by atoms with Crippen molar-refractivity contribution >= 4 is 17.1 Å². The highest BCUT2D eigenvalue weighted by Crippen LogP contribution is 2.38. The lowest BCUT2D eigenvalue weighted by molar-refractivity contribution is -0.116. The fraction of sp³-hybridized carbons (Fsp3) is 0.312. The van der Waals surface area contributed by atoms with Crippen molar-refractivity contribution < 1.29 is 9.90 Å². The Bertz CT molecular complexity index is 519. The second-order valence-electron chi connectivity index (χ2n) is 5.68. The number of carbonyl (C=O) groups excluding carboxylic acids is 1. The number of aliphatic hydroxyl groups is 1. The van der Waals surface area contributed by atoms with E-state index in [1.807, 2.05) is 24.3 Å². The van der Waals surface area contributed by atoms with E-state index in [-0.39, 0.29) is 17.0 Å². The zero-order valence-electron chi connectivity index (χ0n) is 10.9. The molecule has 1 aliphatic carbocycles. The van der Waals surface area contributed by atoms with Crippen LogP contribution in [-0.4, -0.2) is 10.9 Å². The predicted octanol–water partition coefficient (Wildman–Crippen LogP) is 3.99. The number of hydrogen-bond acceptors (Lipinski definition) is 2. The molecule has 0 bridgehead atoms. The van der Waals surface area contributed by atoms with Crippen LogP contribution < -0.4 is 0 Å². The van der Waals surface area contributed by atoms with Crippen LogP contribution in [0.4, 0.5) is 0 Å². The topological polar surface area (TPSA) is 37.3 Å². The van der Waals surface area contributed by atoms with Crippen molar-refractivity contribution in [3.8, 4) is 0 Å². The molecule has 94 valence electrons. The monoisotopic (exact) mass is 242 g/mol. The van der Waals surface area contributed by atoms with Crippen LogP contribution in [0.25, 0.3) is 11.3 Å². The van der Waals surface area contributed by atoms with Crippen molar-refractivity contribution in [1.82, 2.24) is 0 Å². The van der Waals surface area contributed by atoms with Gasteiger partial charge in [-0.05, 0) is 29.0 Å². The predicted molar refractivity (Wildman–Crippen MR) is 74.1 cm³/mol. The minimum Gasteiger partial charge on any atom is -0.508 e. The third-order valence-electron chi connectivity index (χ3n) is 3.25. The maximum absolute atomic E-state index is 11.7. The second-order valence-corrected chi connectivity index (χ2v) is 5.68. The second kappa shape index (κ2) is 4.45. The molecule has 0 radical (unpaired) electrons. The quantitative estimate of drug-likeness (QED) is 0.796. The number of hydrogen-bond donors (Lipinski definition) is 1. The van der Waals surface area contributed by atoms with E-state index < -0.39 is 0 Å². The molecule has 0 heterocycles. The van der Waals surface area contributed by atoms with Gasteiger partial charge in [0.25, 0.3) is 0 Å². The highest BCUT2D eigenvalue weighted by molar-refractivity contribution is 5.99. The van der Waals surface area contributed by atoms with Crippen molar-refractivity contribution in [3.63, 3.8) is 0 Å². The molecule has 0 saturated heterocycles. The van der Waals surface area contributed by atoms with Crippen molar-refractivity contribution in [1.29, 1.82) is 0 Å². The molecule has 18 heavy (non-hydrogen) atoms. The van der Waals surface area contributed by atoms with Gasteiger partial charge < -0.3 is 5.11 Å². The van der Waals surface area contributed by atoms with Crippen LogP contribution in [0.2, 0.25) is 0 Å². The zero-order chi connectivity index (χ0) is 13.3. The smallest absolute Gasteiger partial charge is 0.156 e. The molecule has 0 aromatic heterocycles. The maximum atomic E-state index is 11.7. The van der Waals surface area contributed by atoms with Crippen molar-refractivity contribution in [3.05, 3.63) is 48.0 Å². The van der Waals surface area contributed by atoms with Crippen LogP contribution in [0.3, 0.4) is 0 Å². The molecule has 0 atom stereocenters. The minimum absolute atomic E-state index is 0.0282. The van der Waals surface area contributed by atoms with E-state index >= 15 is 0 Å². The van der Waals surface area contributed by atoms with Crippen molar-refractivity contribution in [2.45, 2.75) is 26.7 Å². The number of benzene rings is 1. The molecule has 1 N–H and O–H groups in total. The Morgan fingerprint density at radius 1 is 1.22 bits per heavy atom. The van der Waals surface area contributed by atoms with Crippen LogP contribution >= 0.6 is 0 Å². The molecule has 0 spiro atoms. The first kappa shape index (κ1) is 12.6. The molecule has 1 aliphatic rings. The fourth-order valence-corrected chi connectivity index (χ4v) is 2.41. The molecule has 1 aromatic carbocycles. The summed E-state index contributed by atoms with van der Waals surface area (Å²) >= 11 is 0. The summed E-state index contributed by atoms with van der Waals surface area (Å²) in [7, 11) is 0. The lowest BCUT2D eigenvalue weighted by atomic mass is 9.75. The molecule has 0 saturated carbocycles. The van der Waals surface area contributed by atoms with Gasteiger partial charge in [-0.1, -0.05) is 44.7 Å². The van der Waals surface area contributed by atoms with Gasteiger partial charge in [0.2, 0.25) is 0 Å². The van der Waals surface area contributed by atoms with Gasteiger partial charge in [0, 0.05) is 12.0 Å². The average molecular weight is 242 g/mol. The Morgan fingerprint density at radius 3 is 2.33 bits per heavy atom. The average Bonchev–Trinajstić information content (AvgIpc) is 2.26. The van der Waals surface area contributed by atoms with Crippen LogP contribution in [0, 0.1) is 5.41 Å². The third-order valence-corrected chi connectivity index (χ3v) is 3.25. The molecule has 0 unspecified atom stereocenters. The summed E-state index contributed by atoms with van der Waals surface area (Å²) in [6, 6.07) is 7.50. The summed E-state index contributed by atoms with van der Waals surface area (Å²) in [5.74, 6) is 0.257. The zero-order valence-corrected chi connectivity index (χ0v) is 10.9. The largest absolute Gasteiger partial charge is 0.508 e. The molecule has 1 aromatic rings. The SMILES string of the molecule is C=C(O)c1ccc(C2=CC(=O)CC(C)(C)C2)cc1. The number of rotatable bonds is 2. The number of aliphatic hydroxyl groups excluding tert-OH is 1. The van der Waals surface area contributed by atoms with Gasteiger partial charge in [-0.3, -0.25) is 4.79 Å². The van der Waals surface area contributed by atoms with E-state index in [4.69, 9.17) is 0 Å². The molecule has 2 nitrogen and oxygen atoms in total. The lowest BCUT2D eigenvalue weighted by Gasteiger charge is -2.29. The molecular formula is C16H18O2. The normalized spacial score (nSPS) is 18.3. The lowest BCUT2D eigenvalue weighted by Crippen LogP contribution is -2.21. The summed E-state index contributed by atoms with van der Waals surface area (Å²) in [5.41, 5.74) is 2.86. The number of allylic oxidation sites excluding steroid dienone is 2. The van der Waals surface area contributed by atoms with E-state index in [2.05, 4.69) is 20.4 Å². The van der Waals surface area contributed by atoms with E-state index in [0.717, 1.165) is 17.6 Å². The first-order chi connectivity index (χ1) is 8.37. The Balaban J connectivity index is 2.31. The molecular weight excluding hydrogens is 224 g/mol. The first-order valence-electron chi connectivity index (χ1n) is 6.09. The van der Waals surface area contributed by atoms with E-state index in [1.54, 1.807) is 6.08 Å². The van der Waals surface area contributed by atoms with Gasteiger partial charge in [-0.15, -0.1) is 0 Å². The Morgan fingerprint density at radius 2 is 1.83 bits per heavy atom. The Kier molecular flexibility index (Phi) is 3.12. The van der Waals surface area contributed by atoms with Crippen molar-refractivity contribution in [2.75, 3.05) is 0 Å². The Labute approximate surface area is 108 Å². The van der Waals surface area contributed by atoms with Gasteiger partial charge in [-0.2, -0.15) is 0 Å². The molecule has 0 aliphatic heterocycles. The van der Waals surface area contributed by atoms with Crippen LogP contribution in [0.1, 0.15) is 37.8 Å². The van der Waals surface area contributed by atoms with Crippen LogP contribution in [-0.2, 0) is 4.79 Å². The highest BCUT2D eigenvalue weighted by atomic mass is 16.3. The van der Waals surface area contributed by atoms with E-state index in [0.29, 0.717) is 12.0 Å². The first-order valence-corrected chi connectivity index (χ1v) is 6.09. The van der Waals surface area contributed by atoms with Gasteiger partial charge in [0.1, 0.15) is 5.76 Å². The molecule has 0 amide bonds. The number of carbonyl (C=O) groups is 1. The van der Waals surface area contributed by atoms with Gasteiger partial charge in [0.05, 0.1) is 0 Å². The van der Waals surface area contributed by atoms with Gasteiger partial charge in [-0.25, -0.2) is 0 Å². The summed E-state index contributed by atoms with van der Waals surface area (Å²) < 4.78 is 0. The highest BCUT2D eigenvalue weighted by Gasteiger charge is 2.27. The van der Waals surface area contributed by atoms with Gasteiger partial charge >= 0.3 is 0 Å². The Hall–Kier alpha value is -1.83. The minimum atomic E-state index is 0.0282. The van der Waals surface area contributed by atoms with Gasteiger partial charge in [0.15, 0.2) is 5.78 Å². The van der Waals surface area contributed by atoms with E-state index in [1.165, 1.54) is 0 Å². The number of ketones is 1. The fourth-order valence-electron chi connectivity index (χ4n) is 2.41. The summed E-state index contributed by atoms with van der Waals surface area (Å²) in [5, 5.41) is 9.29.